The first kappa shape index (κ1) is 50.8. The largest absolute Gasteiger partial charge is 0.394 e. The maximum atomic E-state index is 13.0. The predicted molar refractivity (Wildman–Crippen MR) is 204 cm³/mol. The molecule has 0 bridgehead atoms. The Bertz CT molecular complexity index is 1220. The highest BCUT2D eigenvalue weighted by molar-refractivity contribution is 5.96. The van der Waals surface area contributed by atoms with Crippen LogP contribution in [0.2, 0.25) is 0 Å². The summed E-state index contributed by atoms with van der Waals surface area (Å²) in [7, 11) is 1.15. The minimum Gasteiger partial charge on any atom is -0.394 e. The lowest BCUT2D eigenvalue weighted by molar-refractivity contribution is -0.144. The molecule has 0 saturated carbocycles. The molecule has 0 aliphatic carbocycles. The average molecular weight is 786 g/mol. The second-order valence-electron chi connectivity index (χ2n) is 14.1. The lowest BCUT2D eigenvalue weighted by Crippen LogP contribution is -2.62. The fourth-order valence-electron chi connectivity index (χ4n) is 5.53. The molecule has 316 valence electrons. The first-order chi connectivity index (χ1) is 26.0. The van der Waals surface area contributed by atoms with Crippen molar-refractivity contribution < 1.29 is 48.6 Å². The van der Waals surface area contributed by atoms with E-state index in [0.29, 0.717) is 12.7 Å². The molecule has 0 radical (unpaired) electrons. The van der Waals surface area contributed by atoms with Gasteiger partial charge in [-0.2, -0.15) is 0 Å². The second-order valence-corrected chi connectivity index (χ2v) is 14.1. The van der Waals surface area contributed by atoms with E-state index in [2.05, 4.69) is 38.8 Å². The molecular formula is C36H67N9O10. The van der Waals surface area contributed by atoms with Gasteiger partial charge in [-0.25, -0.2) is 0 Å². The molecule has 0 aromatic carbocycles. The lowest BCUT2D eigenvalue weighted by Gasteiger charge is -2.30. The Balaban J connectivity index is 4.90. The van der Waals surface area contributed by atoms with Crippen LogP contribution in [0.3, 0.4) is 0 Å². The van der Waals surface area contributed by atoms with E-state index in [1.165, 1.54) is 45.4 Å². The van der Waals surface area contributed by atoms with E-state index in [1.807, 2.05) is 0 Å². The van der Waals surface area contributed by atoms with Crippen LogP contribution in [0.1, 0.15) is 111 Å². The Kier molecular flexibility index (Phi) is 26.9. The third-order valence-electron chi connectivity index (χ3n) is 8.65. The Labute approximate surface area is 324 Å². The number of carbonyl (C=O) groups is 8. The fraction of sp³-hybridized carbons (Fsp3) is 0.778. The zero-order chi connectivity index (χ0) is 41.9. The summed E-state index contributed by atoms with van der Waals surface area (Å²) in [5.41, 5.74) is 11.6. The van der Waals surface area contributed by atoms with Crippen molar-refractivity contribution in [3.8, 4) is 0 Å². The minimum absolute atomic E-state index is 0.0392. The quantitative estimate of drug-likeness (QED) is 0.0218. The van der Waals surface area contributed by atoms with Gasteiger partial charge in [0.1, 0.15) is 24.4 Å². The van der Waals surface area contributed by atoms with Crippen molar-refractivity contribution in [3.63, 3.8) is 0 Å². The van der Waals surface area contributed by atoms with E-state index in [9.17, 15) is 48.6 Å². The number of nitrogens with two attached hydrogens (primary N) is 2. The van der Waals surface area contributed by atoms with Crippen molar-refractivity contribution in [1.29, 1.82) is 0 Å². The zero-order valence-corrected chi connectivity index (χ0v) is 33.2. The molecule has 0 saturated heterocycles. The maximum Gasteiger partial charge on any atom is 0.258 e. The molecule has 0 fully saturated rings. The van der Waals surface area contributed by atoms with Gasteiger partial charge in [0, 0.05) is 13.5 Å². The smallest absolute Gasteiger partial charge is 0.258 e. The van der Waals surface area contributed by atoms with Crippen molar-refractivity contribution >= 4 is 47.6 Å². The predicted octanol–water partition coefficient (Wildman–Crippen LogP) is -1.86. The maximum absolute atomic E-state index is 13.0. The van der Waals surface area contributed by atoms with Crippen molar-refractivity contribution in [2.45, 2.75) is 148 Å². The van der Waals surface area contributed by atoms with Crippen molar-refractivity contribution in [2.24, 2.45) is 17.4 Å². The molecule has 0 heterocycles. The number of amides is 7. The van der Waals surface area contributed by atoms with Crippen LogP contribution in [0.15, 0.2) is 0 Å². The second kappa shape index (κ2) is 29.1. The summed E-state index contributed by atoms with van der Waals surface area (Å²) < 4.78 is 0. The van der Waals surface area contributed by atoms with Crippen LogP contribution in [-0.2, 0) is 38.4 Å². The highest BCUT2D eigenvalue weighted by Gasteiger charge is 2.34. The number of hydrogen-bond acceptors (Lipinski definition) is 12. The van der Waals surface area contributed by atoms with Gasteiger partial charge < -0.3 is 63.3 Å². The Morgan fingerprint density at radius 2 is 1.20 bits per heavy atom. The number of aliphatic hydroxyl groups is 2. The number of carbonyl (C=O) groups excluding carboxylic acids is 8. The van der Waals surface area contributed by atoms with Crippen LogP contribution in [0.5, 0.6) is 0 Å². The van der Waals surface area contributed by atoms with Crippen molar-refractivity contribution in [1.82, 2.24) is 36.8 Å². The standard InChI is InChI=1S/C36H67N9O10/c1-6-7-8-9-10-11-12-13-14-15-16-17-27(49)41-26(22-47)33(52)43-30(37)35(54)40-21-28(50)45(5)29(24(4)48)34(53)44-31(38)36(55)42-25(20-23(2)3)32(51)39-18-19-46/h19,23-26,29-31,47-48H,6-18,20-22,37-38H2,1-5H3,(H,39,51)(H,40,54)(H,41,49)(H,42,55)(H,43,52)(H,44,53)/t24?,25-,26+,29-,30-,31+/m0/s1. The summed E-state index contributed by atoms with van der Waals surface area (Å²) in [4.78, 5) is 100. The summed E-state index contributed by atoms with van der Waals surface area (Å²) in [6.45, 7) is 5.24. The van der Waals surface area contributed by atoms with E-state index >= 15 is 0 Å². The van der Waals surface area contributed by atoms with Gasteiger partial charge in [-0.15, -0.1) is 0 Å². The van der Waals surface area contributed by atoms with Crippen LogP contribution in [0.4, 0.5) is 0 Å². The molecule has 0 aromatic rings. The fourth-order valence-corrected chi connectivity index (χ4v) is 5.53. The molecule has 19 heteroatoms. The number of nitrogens with zero attached hydrogens (tertiary/aromatic N) is 1. The van der Waals surface area contributed by atoms with E-state index < -0.39 is 91.1 Å². The Morgan fingerprint density at radius 1 is 0.673 bits per heavy atom. The number of rotatable bonds is 30. The first-order valence-corrected chi connectivity index (χ1v) is 19.3. The summed E-state index contributed by atoms with van der Waals surface area (Å²) >= 11 is 0. The van der Waals surface area contributed by atoms with E-state index in [-0.39, 0.29) is 25.3 Å². The minimum atomic E-state index is -1.70. The normalized spacial score (nSPS) is 14.3. The summed E-state index contributed by atoms with van der Waals surface area (Å²) in [5, 5.41) is 33.7. The van der Waals surface area contributed by atoms with Crippen LogP contribution in [0, 0.1) is 5.92 Å². The van der Waals surface area contributed by atoms with Gasteiger partial charge in [-0.3, -0.25) is 33.6 Å². The van der Waals surface area contributed by atoms with Gasteiger partial charge in [0.2, 0.25) is 29.5 Å². The Hall–Kier alpha value is -4.20. The molecule has 7 amide bonds. The Morgan fingerprint density at radius 3 is 1.71 bits per heavy atom. The molecular weight excluding hydrogens is 718 g/mol. The van der Waals surface area contributed by atoms with Crippen LogP contribution in [0.25, 0.3) is 0 Å². The number of nitrogens with one attached hydrogen (secondary N) is 6. The van der Waals surface area contributed by atoms with Crippen LogP contribution < -0.4 is 43.4 Å². The van der Waals surface area contributed by atoms with Crippen molar-refractivity contribution in [3.05, 3.63) is 0 Å². The summed E-state index contributed by atoms with van der Waals surface area (Å²) in [5.74, 6) is -5.91. The number of aliphatic hydroxyl groups excluding tert-OH is 2. The van der Waals surface area contributed by atoms with Gasteiger partial charge in [0.05, 0.1) is 25.8 Å². The zero-order valence-electron chi connectivity index (χ0n) is 33.2. The molecule has 55 heavy (non-hydrogen) atoms. The third-order valence-corrected chi connectivity index (χ3v) is 8.65. The van der Waals surface area contributed by atoms with E-state index in [4.69, 9.17) is 11.5 Å². The number of likely N-dealkylation sites (N-methyl/N-ethyl adjacent to an activating group) is 1. The molecule has 0 aliphatic rings. The molecule has 12 N–H and O–H groups in total. The van der Waals surface area contributed by atoms with Gasteiger partial charge in [0.25, 0.3) is 11.8 Å². The third kappa shape index (κ3) is 22.1. The summed E-state index contributed by atoms with van der Waals surface area (Å²) in [6, 6.07) is -4.02. The molecule has 19 nitrogen and oxygen atoms in total. The molecule has 0 rings (SSSR count). The molecule has 6 atom stereocenters. The number of hydrogen-bond donors (Lipinski definition) is 10. The number of unbranched alkanes of at least 4 members (excludes halogenated alkanes) is 10. The van der Waals surface area contributed by atoms with Gasteiger partial charge in [-0.1, -0.05) is 85.0 Å². The first-order valence-electron chi connectivity index (χ1n) is 19.3. The SMILES string of the molecule is CCCCCCCCCCCCCC(=O)N[C@H](CO)C(=O)N[C@H](N)C(=O)NCC(=O)N(C)[C@H](C(=O)N[C@@H](N)C(=O)N[C@@H](CC(C)C)C(=O)NCC=O)C(C)O. The van der Waals surface area contributed by atoms with Crippen LogP contribution in [-0.4, -0.2) is 126 Å². The lowest BCUT2D eigenvalue weighted by atomic mass is 10.0. The van der Waals surface area contributed by atoms with Crippen molar-refractivity contribution in [2.75, 3.05) is 26.7 Å². The average Bonchev–Trinajstić information content (AvgIpc) is 3.12. The van der Waals surface area contributed by atoms with E-state index in [0.717, 1.165) is 37.6 Å². The molecule has 0 aromatic heterocycles. The monoisotopic (exact) mass is 786 g/mol. The highest BCUT2D eigenvalue weighted by atomic mass is 16.3. The van der Waals surface area contributed by atoms with Gasteiger partial charge in [-0.05, 0) is 25.7 Å². The molecule has 1 unspecified atom stereocenters. The van der Waals surface area contributed by atoms with Gasteiger partial charge in [0.15, 0.2) is 12.3 Å². The molecule has 0 spiro atoms. The molecule has 0 aliphatic heterocycles. The number of aldehydes is 1. The van der Waals surface area contributed by atoms with E-state index in [1.54, 1.807) is 13.8 Å². The van der Waals surface area contributed by atoms with Gasteiger partial charge >= 0.3 is 0 Å². The van der Waals surface area contributed by atoms with Crippen LogP contribution >= 0.6 is 0 Å². The topological polar surface area (TPSA) is 304 Å². The highest BCUT2D eigenvalue weighted by Crippen LogP contribution is 2.12. The summed E-state index contributed by atoms with van der Waals surface area (Å²) in [6.07, 6.45) is 8.22.